The summed E-state index contributed by atoms with van der Waals surface area (Å²) >= 11 is 1.33. The first-order valence-electron chi connectivity index (χ1n) is 8.80. The molecule has 0 atom stereocenters. The number of fused-ring (bicyclic) bond motifs is 3. The number of aryl methyl sites for hydroxylation is 1. The summed E-state index contributed by atoms with van der Waals surface area (Å²) in [5.41, 5.74) is 3.99. The van der Waals surface area contributed by atoms with Crippen molar-refractivity contribution in [3.8, 4) is 0 Å². The van der Waals surface area contributed by atoms with Gasteiger partial charge in [0.1, 0.15) is 0 Å². The Labute approximate surface area is 166 Å². The van der Waals surface area contributed by atoms with Gasteiger partial charge in [-0.2, -0.15) is 0 Å². The first-order valence-corrected chi connectivity index (χ1v) is 9.78. The molecule has 2 aromatic carbocycles. The second kappa shape index (κ2) is 7.44. The van der Waals surface area contributed by atoms with Gasteiger partial charge in [0.25, 0.3) is 0 Å². The lowest BCUT2D eigenvalue weighted by Gasteiger charge is -2.08. The van der Waals surface area contributed by atoms with Crippen LogP contribution in [-0.2, 0) is 4.79 Å². The highest BCUT2D eigenvalue weighted by atomic mass is 32.2. The first kappa shape index (κ1) is 18.2. The summed E-state index contributed by atoms with van der Waals surface area (Å²) in [6.07, 6.45) is 0. The average Bonchev–Trinajstić information content (AvgIpc) is 3.12. The van der Waals surface area contributed by atoms with Gasteiger partial charge in [-0.05, 0) is 49.1 Å². The summed E-state index contributed by atoms with van der Waals surface area (Å²) in [5, 5.41) is 13.2. The van der Waals surface area contributed by atoms with Crippen molar-refractivity contribution in [1.29, 1.82) is 0 Å². The minimum absolute atomic E-state index is 0.0392. The van der Waals surface area contributed by atoms with Gasteiger partial charge >= 0.3 is 0 Å². The zero-order valence-electron chi connectivity index (χ0n) is 15.5. The molecule has 2 aromatic heterocycles. The largest absolute Gasteiger partial charge is 0.325 e. The molecular formula is C21H18N4O2S. The lowest BCUT2D eigenvalue weighted by Crippen LogP contribution is -2.14. The molecule has 4 aromatic rings. The van der Waals surface area contributed by atoms with Crippen LogP contribution in [0.2, 0.25) is 0 Å². The number of pyridine rings is 1. The van der Waals surface area contributed by atoms with Crippen molar-refractivity contribution in [2.24, 2.45) is 0 Å². The van der Waals surface area contributed by atoms with E-state index in [1.807, 2.05) is 35.6 Å². The summed E-state index contributed by atoms with van der Waals surface area (Å²) < 4.78 is 1.99. The molecule has 0 radical (unpaired) electrons. The molecule has 0 spiro atoms. The van der Waals surface area contributed by atoms with Crippen LogP contribution in [0.5, 0.6) is 0 Å². The second-order valence-corrected chi connectivity index (χ2v) is 7.44. The van der Waals surface area contributed by atoms with Crippen LogP contribution in [0.3, 0.4) is 0 Å². The van der Waals surface area contributed by atoms with E-state index in [0.29, 0.717) is 16.4 Å². The summed E-state index contributed by atoms with van der Waals surface area (Å²) in [5.74, 6) is -0.0186. The Morgan fingerprint density at radius 2 is 1.89 bits per heavy atom. The van der Waals surface area contributed by atoms with Crippen molar-refractivity contribution >= 4 is 45.7 Å². The third-order valence-corrected chi connectivity index (χ3v) is 5.35. The number of carbonyl (C=O) groups is 2. The number of amides is 1. The maximum absolute atomic E-state index is 12.4. The highest BCUT2D eigenvalue weighted by Gasteiger charge is 2.14. The molecule has 0 saturated carbocycles. The molecular weight excluding hydrogens is 372 g/mol. The van der Waals surface area contributed by atoms with Gasteiger partial charge in [0.2, 0.25) is 5.91 Å². The molecule has 140 valence electrons. The molecule has 7 heteroatoms. The Morgan fingerprint density at radius 3 is 2.71 bits per heavy atom. The highest BCUT2D eigenvalue weighted by molar-refractivity contribution is 7.99. The number of hydrogen-bond acceptors (Lipinski definition) is 5. The van der Waals surface area contributed by atoms with Crippen molar-refractivity contribution in [3.63, 3.8) is 0 Å². The SMILES string of the molecule is CC(=O)c1cccc(NC(=O)CSc2nnc3c(C)cc4ccccc4n23)c1. The number of rotatable bonds is 5. The standard InChI is InChI=1S/C21H18N4O2S/c1-13-10-16-6-3-4-9-18(16)25-20(13)23-24-21(25)28-12-19(27)22-17-8-5-7-15(11-17)14(2)26/h3-11H,12H2,1-2H3,(H,22,27). The van der Waals surface area contributed by atoms with Crippen LogP contribution in [0.15, 0.2) is 59.8 Å². The van der Waals surface area contributed by atoms with Crippen LogP contribution in [0.1, 0.15) is 22.8 Å². The number of aromatic nitrogens is 3. The van der Waals surface area contributed by atoms with Crippen molar-refractivity contribution < 1.29 is 9.59 Å². The fraction of sp³-hybridized carbons (Fsp3) is 0.143. The van der Waals surface area contributed by atoms with Crippen molar-refractivity contribution in [3.05, 3.63) is 65.7 Å². The molecule has 0 fully saturated rings. The molecule has 4 rings (SSSR count). The number of nitrogens with zero attached hydrogens (tertiary/aromatic N) is 3. The van der Waals surface area contributed by atoms with Crippen molar-refractivity contribution in [2.75, 3.05) is 11.1 Å². The zero-order valence-corrected chi connectivity index (χ0v) is 16.3. The summed E-state index contributed by atoms with van der Waals surface area (Å²) in [6.45, 7) is 3.50. The number of nitrogens with one attached hydrogen (secondary N) is 1. The van der Waals surface area contributed by atoms with Crippen molar-refractivity contribution in [2.45, 2.75) is 19.0 Å². The maximum atomic E-state index is 12.4. The minimum Gasteiger partial charge on any atom is -0.325 e. The monoisotopic (exact) mass is 390 g/mol. The minimum atomic E-state index is -0.167. The van der Waals surface area contributed by atoms with Crippen LogP contribution >= 0.6 is 11.8 Å². The van der Waals surface area contributed by atoms with E-state index in [4.69, 9.17) is 0 Å². The normalized spacial score (nSPS) is 11.1. The van der Waals surface area contributed by atoms with Crippen LogP contribution in [0.4, 0.5) is 5.69 Å². The van der Waals surface area contributed by atoms with E-state index < -0.39 is 0 Å². The highest BCUT2D eigenvalue weighted by Crippen LogP contribution is 2.25. The predicted molar refractivity (Wildman–Crippen MR) is 111 cm³/mol. The number of carbonyl (C=O) groups excluding carboxylic acids is 2. The Kier molecular flexibility index (Phi) is 4.83. The van der Waals surface area contributed by atoms with E-state index >= 15 is 0 Å². The third-order valence-electron chi connectivity index (χ3n) is 4.42. The zero-order chi connectivity index (χ0) is 19.7. The number of Topliss-reactive ketones (excluding diaryl/α,β-unsaturated/α-hetero) is 1. The van der Waals surface area contributed by atoms with E-state index in [2.05, 4.69) is 21.6 Å². The van der Waals surface area contributed by atoms with Gasteiger partial charge in [0.05, 0.1) is 11.3 Å². The third kappa shape index (κ3) is 3.48. The van der Waals surface area contributed by atoms with Gasteiger partial charge in [-0.3, -0.25) is 14.0 Å². The molecule has 6 nitrogen and oxygen atoms in total. The van der Waals surface area contributed by atoms with Crippen molar-refractivity contribution in [1.82, 2.24) is 14.6 Å². The van der Waals surface area contributed by atoms with Gasteiger partial charge in [0.15, 0.2) is 16.6 Å². The quantitative estimate of drug-likeness (QED) is 0.410. The van der Waals surface area contributed by atoms with Gasteiger partial charge in [-0.1, -0.05) is 42.1 Å². The Morgan fingerprint density at radius 1 is 1.07 bits per heavy atom. The molecule has 1 N–H and O–H groups in total. The number of benzene rings is 2. The summed E-state index contributed by atoms with van der Waals surface area (Å²) in [6, 6.07) is 17.0. The molecule has 0 bridgehead atoms. The Bertz CT molecular complexity index is 1220. The number of thioether (sulfide) groups is 1. The van der Waals surface area contributed by atoms with E-state index in [9.17, 15) is 9.59 Å². The van der Waals surface area contributed by atoms with Crippen LogP contribution in [-0.4, -0.2) is 32.0 Å². The predicted octanol–water partition coefficient (Wildman–Crippen LogP) is 4.12. The van der Waals surface area contributed by atoms with E-state index in [1.165, 1.54) is 18.7 Å². The van der Waals surface area contributed by atoms with E-state index in [0.717, 1.165) is 22.1 Å². The van der Waals surface area contributed by atoms with E-state index in [1.54, 1.807) is 24.3 Å². The maximum Gasteiger partial charge on any atom is 0.234 e. The number of hydrogen-bond donors (Lipinski definition) is 1. The molecule has 0 aliphatic heterocycles. The smallest absolute Gasteiger partial charge is 0.234 e. The fourth-order valence-corrected chi connectivity index (χ4v) is 3.83. The fourth-order valence-electron chi connectivity index (χ4n) is 3.09. The van der Waals surface area contributed by atoms with Crippen LogP contribution in [0, 0.1) is 6.92 Å². The second-order valence-electron chi connectivity index (χ2n) is 6.50. The summed E-state index contributed by atoms with van der Waals surface area (Å²) in [7, 11) is 0. The molecule has 0 aliphatic carbocycles. The Balaban J connectivity index is 1.55. The topological polar surface area (TPSA) is 76.4 Å². The molecule has 0 aliphatic rings. The van der Waals surface area contributed by atoms with Crippen LogP contribution < -0.4 is 5.32 Å². The van der Waals surface area contributed by atoms with Gasteiger partial charge in [0, 0.05) is 11.3 Å². The van der Waals surface area contributed by atoms with Gasteiger partial charge in [-0.15, -0.1) is 10.2 Å². The van der Waals surface area contributed by atoms with E-state index in [-0.39, 0.29) is 17.4 Å². The molecule has 2 heterocycles. The molecule has 28 heavy (non-hydrogen) atoms. The number of ketones is 1. The van der Waals surface area contributed by atoms with Crippen LogP contribution in [0.25, 0.3) is 16.6 Å². The number of para-hydroxylation sites is 1. The lowest BCUT2D eigenvalue weighted by molar-refractivity contribution is -0.113. The Hall–Kier alpha value is -3.19. The lowest BCUT2D eigenvalue weighted by atomic mass is 10.1. The molecule has 0 saturated heterocycles. The molecule has 1 amide bonds. The van der Waals surface area contributed by atoms with Gasteiger partial charge < -0.3 is 5.32 Å². The average molecular weight is 390 g/mol. The first-order chi connectivity index (χ1) is 13.5. The molecule has 0 unspecified atom stereocenters. The number of anilines is 1. The van der Waals surface area contributed by atoms with Gasteiger partial charge in [-0.25, -0.2) is 0 Å². The summed E-state index contributed by atoms with van der Waals surface area (Å²) in [4.78, 5) is 23.9.